The van der Waals surface area contributed by atoms with Crippen molar-refractivity contribution in [2.75, 3.05) is 6.61 Å². The third-order valence-corrected chi connectivity index (χ3v) is 5.28. The molecule has 0 radical (unpaired) electrons. The smallest absolute Gasteiger partial charge is 0.340 e. The zero-order valence-electron chi connectivity index (χ0n) is 13.9. The number of carbonyl (C=O) groups excluding carboxylic acids is 2. The van der Waals surface area contributed by atoms with E-state index >= 15 is 0 Å². The van der Waals surface area contributed by atoms with Crippen LogP contribution in [-0.2, 0) is 14.3 Å². The van der Waals surface area contributed by atoms with Gasteiger partial charge in [-0.3, -0.25) is 4.79 Å². The minimum atomic E-state index is -0.488. The van der Waals surface area contributed by atoms with E-state index in [-0.39, 0.29) is 18.6 Å². The monoisotopic (exact) mass is 363 g/mol. The molecule has 0 spiro atoms. The van der Waals surface area contributed by atoms with Crippen molar-refractivity contribution in [3.8, 4) is 0 Å². The van der Waals surface area contributed by atoms with Crippen LogP contribution in [-0.4, -0.2) is 24.5 Å². The van der Waals surface area contributed by atoms with Crippen LogP contribution in [0.25, 0.3) is 11.6 Å². The van der Waals surface area contributed by atoms with Crippen LogP contribution in [0.4, 0.5) is 0 Å². The molecule has 2 aromatic rings. The van der Waals surface area contributed by atoms with Gasteiger partial charge in [0.15, 0.2) is 6.61 Å². The molecule has 128 valence electrons. The summed E-state index contributed by atoms with van der Waals surface area (Å²) < 4.78 is 5.21. The number of hydrogen-bond acceptors (Lipinski definition) is 5. The van der Waals surface area contributed by atoms with Gasteiger partial charge in [0.2, 0.25) is 0 Å². The summed E-state index contributed by atoms with van der Waals surface area (Å²) in [7, 11) is 0. The van der Waals surface area contributed by atoms with Crippen LogP contribution in [0.1, 0.15) is 30.5 Å². The van der Waals surface area contributed by atoms with Gasteiger partial charge in [0.25, 0.3) is 5.91 Å². The normalized spacial score (nSPS) is 12.9. The number of amides is 1. The highest BCUT2D eigenvalue weighted by molar-refractivity contribution is 7.12. The lowest BCUT2D eigenvalue weighted by atomic mass is 10.1. The molecular formula is C18H21NO3S2. The molecule has 0 bridgehead atoms. The Balaban J connectivity index is 2.03. The lowest BCUT2D eigenvalue weighted by Crippen LogP contribution is -2.38. The predicted octanol–water partition coefficient (Wildman–Crippen LogP) is 4.05. The number of nitrogens with one attached hydrogen (secondary N) is 1. The first kappa shape index (κ1) is 18.4. The molecule has 0 aliphatic heterocycles. The second-order valence-electron chi connectivity index (χ2n) is 5.73. The maximum Gasteiger partial charge on any atom is 0.340 e. The molecule has 24 heavy (non-hydrogen) atoms. The van der Waals surface area contributed by atoms with Gasteiger partial charge < -0.3 is 10.1 Å². The van der Waals surface area contributed by atoms with E-state index in [2.05, 4.69) is 5.32 Å². The van der Waals surface area contributed by atoms with Crippen molar-refractivity contribution >= 4 is 46.2 Å². The fraction of sp³-hybridized carbons (Fsp3) is 0.333. The number of rotatable bonds is 7. The van der Waals surface area contributed by atoms with Crippen molar-refractivity contribution in [2.24, 2.45) is 5.92 Å². The topological polar surface area (TPSA) is 55.4 Å². The first-order valence-electron chi connectivity index (χ1n) is 7.73. The van der Waals surface area contributed by atoms with Gasteiger partial charge in [0, 0.05) is 15.8 Å². The molecule has 2 heterocycles. The maximum atomic E-state index is 12.4. The summed E-state index contributed by atoms with van der Waals surface area (Å²) in [6.07, 6.45) is 1.80. The number of carbonyl (C=O) groups is 2. The Morgan fingerprint density at radius 1 is 1.17 bits per heavy atom. The van der Waals surface area contributed by atoms with Gasteiger partial charge in [-0.1, -0.05) is 26.0 Å². The Kier molecular flexibility index (Phi) is 6.75. The van der Waals surface area contributed by atoms with Gasteiger partial charge in [-0.2, -0.15) is 0 Å². The molecule has 1 amide bonds. The number of hydrogen-bond donors (Lipinski definition) is 1. The third kappa shape index (κ3) is 5.32. The summed E-state index contributed by atoms with van der Waals surface area (Å²) in [5, 5.41) is 6.68. The van der Waals surface area contributed by atoms with Crippen LogP contribution in [0.5, 0.6) is 0 Å². The first-order chi connectivity index (χ1) is 11.5. The quantitative estimate of drug-likeness (QED) is 0.596. The molecular weight excluding hydrogens is 342 g/mol. The van der Waals surface area contributed by atoms with Crippen molar-refractivity contribution in [3.63, 3.8) is 0 Å². The second kappa shape index (κ2) is 8.80. The highest BCUT2D eigenvalue weighted by Crippen LogP contribution is 2.25. The van der Waals surface area contributed by atoms with E-state index in [1.165, 1.54) is 11.3 Å². The summed E-state index contributed by atoms with van der Waals surface area (Å²) >= 11 is 3.01. The van der Waals surface area contributed by atoms with E-state index in [1.54, 1.807) is 17.4 Å². The van der Waals surface area contributed by atoms with Crippen LogP contribution in [0.3, 0.4) is 0 Å². The largest absolute Gasteiger partial charge is 0.452 e. The SMILES string of the molecule is CC(C)[C@@H](C)NC(=O)COC(=O)/C(=C/c1cccs1)c1cccs1. The maximum absolute atomic E-state index is 12.4. The zero-order valence-corrected chi connectivity index (χ0v) is 15.6. The average Bonchev–Trinajstić information content (AvgIpc) is 3.23. The molecule has 0 aliphatic carbocycles. The van der Waals surface area contributed by atoms with Crippen molar-refractivity contribution in [2.45, 2.75) is 26.8 Å². The Bertz CT molecular complexity index is 688. The number of esters is 1. The van der Waals surface area contributed by atoms with Gasteiger partial charge in [0.1, 0.15) is 0 Å². The molecule has 1 atom stereocenters. The average molecular weight is 364 g/mol. The van der Waals surface area contributed by atoms with Crippen molar-refractivity contribution in [1.29, 1.82) is 0 Å². The Morgan fingerprint density at radius 3 is 2.46 bits per heavy atom. The lowest BCUT2D eigenvalue weighted by Gasteiger charge is -2.17. The predicted molar refractivity (Wildman–Crippen MR) is 99.9 cm³/mol. The third-order valence-electron chi connectivity index (χ3n) is 3.56. The fourth-order valence-electron chi connectivity index (χ4n) is 1.85. The van der Waals surface area contributed by atoms with Crippen LogP contribution < -0.4 is 5.32 Å². The fourth-order valence-corrected chi connectivity index (χ4v) is 3.24. The van der Waals surface area contributed by atoms with Gasteiger partial charge in [0.05, 0.1) is 5.57 Å². The standard InChI is InChI=1S/C18H21NO3S2/c1-12(2)13(3)19-17(20)11-22-18(21)15(16-7-5-9-24-16)10-14-6-4-8-23-14/h4-10,12-13H,11H2,1-3H3,(H,19,20)/b15-10+/t13-/m1/s1. The summed E-state index contributed by atoms with van der Waals surface area (Å²) in [4.78, 5) is 26.1. The van der Waals surface area contributed by atoms with Crippen molar-refractivity contribution in [1.82, 2.24) is 5.32 Å². The molecule has 2 aromatic heterocycles. The Labute approximate surface area is 150 Å². The van der Waals surface area contributed by atoms with Gasteiger partial charge in [-0.05, 0) is 41.8 Å². The molecule has 0 fully saturated rings. The minimum Gasteiger partial charge on any atom is -0.452 e. The molecule has 0 unspecified atom stereocenters. The van der Waals surface area contributed by atoms with E-state index in [4.69, 9.17) is 4.74 Å². The molecule has 6 heteroatoms. The molecule has 0 aliphatic rings. The highest BCUT2D eigenvalue weighted by Gasteiger charge is 2.18. The molecule has 0 aromatic carbocycles. The summed E-state index contributed by atoms with van der Waals surface area (Å²) in [6.45, 7) is 5.70. The summed E-state index contributed by atoms with van der Waals surface area (Å²) in [6, 6.07) is 7.64. The molecule has 0 saturated carbocycles. The van der Waals surface area contributed by atoms with E-state index in [0.717, 1.165) is 9.75 Å². The molecule has 0 saturated heterocycles. The highest BCUT2D eigenvalue weighted by atomic mass is 32.1. The van der Waals surface area contributed by atoms with E-state index in [9.17, 15) is 9.59 Å². The van der Waals surface area contributed by atoms with Gasteiger partial charge >= 0.3 is 5.97 Å². The number of ether oxygens (including phenoxy) is 1. The molecule has 2 rings (SSSR count). The Hall–Kier alpha value is -1.92. The lowest BCUT2D eigenvalue weighted by molar-refractivity contribution is -0.143. The van der Waals surface area contributed by atoms with Crippen molar-refractivity contribution < 1.29 is 14.3 Å². The number of thiophene rings is 2. The van der Waals surface area contributed by atoms with Crippen LogP contribution in [0, 0.1) is 5.92 Å². The summed E-state index contributed by atoms with van der Waals surface area (Å²) in [5.41, 5.74) is 0.470. The van der Waals surface area contributed by atoms with Crippen LogP contribution in [0.15, 0.2) is 35.0 Å². The van der Waals surface area contributed by atoms with Crippen LogP contribution >= 0.6 is 22.7 Å². The van der Waals surface area contributed by atoms with E-state index in [0.29, 0.717) is 11.5 Å². The van der Waals surface area contributed by atoms with Gasteiger partial charge in [-0.15, -0.1) is 22.7 Å². The zero-order chi connectivity index (χ0) is 17.5. The first-order valence-corrected chi connectivity index (χ1v) is 9.49. The molecule has 4 nitrogen and oxygen atoms in total. The van der Waals surface area contributed by atoms with Crippen LogP contribution in [0.2, 0.25) is 0 Å². The van der Waals surface area contributed by atoms with E-state index < -0.39 is 5.97 Å². The van der Waals surface area contributed by atoms with Gasteiger partial charge in [-0.25, -0.2) is 4.79 Å². The van der Waals surface area contributed by atoms with E-state index in [1.807, 2.05) is 55.8 Å². The Morgan fingerprint density at radius 2 is 1.88 bits per heavy atom. The summed E-state index contributed by atoms with van der Waals surface area (Å²) in [5.74, 6) is -0.450. The second-order valence-corrected chi connectivity index (χ2v) is 7.65. The van der Waals surface area contributed by atoms with Crippen molar-refractivity contribution in [3.05, 3.63) is 44.8 Å². The molecule has 1 N–H and O–H groups in total. The minimum absolute atomic E-state index is 0.0367.